The SMILES string of the molecule is CCNC(=NCc1nc(C(C)(C)C)cs1)NCC1CCCO1.I. The second kappa shape index (κ2) is 9.78. The maximum atomic E-state index is 5.63. The van der Waals surface area contributed by atoms with Crippen molar-refractivity contribution in [2.45, 2.75) is 58.6 Å². The average molecular weight is 452 g/mol. The van der Waals surface area contributed by atoms with Crippen LogP contribution in [-0.2, 0) is 16.7 Å². The Balaban J connectivity index is 0.00000264. The Morgan fingerprint density at radius 1 is 1.43 bits per heavy atom. The van der Waals surface area contributed by atoms with Crippen LogP contribution in [0.5, 0.6) is 0 Å². The van der Waals surface area contributed by atoms with Gasteiger partial charge in [0.25, 0.3) is 0 Å². The maximum absolute atomic E-state index is 5.63. The molecule has 1 atom stereocenters. The lowest BCUT2D eigenvalue weighted by Crippen LogP contribution is -2.41. The van der Waals surface area contributed by atoms with Crippen LogP contribution in [0, 0.1) is 0 Å². The molecule has 0 saturated carbocycles. The van der Waals surface area contributed by atoms with Crippen molar-refractivity contribution in [2.24, 2.45) is 4.99 Å². The van der Waals surface area contributed by atoms with Gasteiger partial charge in [-0.15, -0.1) is 35.3 Å². The van der Waals surface area contributed by atoms with Crippen molar-refractivity contribution in [2.75, 3.05) is 19.7 Å². The third-order valence-electron chi connectivity index (χ3n) is 3.56. The largest absolute Gasteiger partial charge is 0.376 e. The summed E-state index contributed by atoms with van der Waals surface area (Å²) in [5.41, 5.74) is 1.24. The first-order valence-corrected chi connectivity index (χ1v) is 8.95. The van der Waals surface area contributed by atoms with Gasteiger partial charge in [0.2, 0.25) is 0 Å². The number of aliphatic imine (C=N–C) groups is 1. The predicted molar refractivity (Wildman–Crippen MR) is 108 cm³/mol. The van der Waals surface area contributed by atoms with Crippen LogP contribution in [0.25, 0.3) is 0 Å². The van der Waals surface area contributed by atoms with Gasteiger partial charge in [0, 0.05) is 30.5 Å². The van der Waals surface area contributed by atoms with E-state index in [9.17, 15) is 0 Å². The molecule has 1 saturated heterocycles. The molecule has 0 bridgehead atoms. The van der Waals surface area contributed by atoms with Crippen molar-refractivity contribution < 1.29 is 4.74 Å². The second-order valence-corrected chi connectivity index (χ2v) is 7.53. The number of thiazole rings is 1. The summed E-state index contributed by atoms with van der Waals surface area (Å²) in [6.45, 7) is 11.8. The summed E-state index contributed by atoms with van der Waals surface area (Å²) in [4.78, 5) is 9.31. The lowest BCUT2D eigenvalue weighted by atomic mass is 9.93. The zero-order chi connectivity index (χ0) is 16.0. The van der Waals surface area contributed by atoms with Crippen LogP contribution in [0.3, 0.4) is 0 Å². The van der Waals surface area contributed by atoms with Crippen molar-refractivity contribution in [1.29, 1.82) is 0 Å². The summed E-state index contributed by atoms with van der Waals surface area (Å²) in [7, 11) is 0. The van der Waals surface area contributed by atoms with Crippen LogP contribution in [-0.4, -0.2) is 36.7 Å². The first kappa shape index (κ1) is 20.6. The molecular formula is C16H29IN4OS. The monoisotopic (exact) mass is 452 g/mol. The summed E-state index contributed by atoms with van der Waals surface area (Å²) < 4.78 is 5.63. The van der Waals surface area contributed by atoms with Crippen molar-refractivity contribution in [3.8, 4) is 0 Å². The molecule has 0 spiro atoms. The highest BCUT2D eigenvalue weighted by atomic mass is 127. The normalized spacial score (nSPS) is 18.6. The van der Waals surface area contributed by atoms with E-state index in [1.807, 2.05) is 0 Å². The number of guanidine groups is 1. The Morgan fingerprint density at radius 3 is 2.78 bits per heavy atom. The second-order valence-electron chi connectivity index (χ2n) is 6.59. The fraction of sp³-hybridized carbons (Fsp3) is 0.750. The molecule has 1 unspecified atom stereocenters. The minimum atomic E-state index is 0. The zero-order valence-corrected chi connectivity index (χ0v) is 17.7. The molecule has 0 radical (unpaired) electrons. The van der Waals surface area contributed by atoms with Crippen LogP contribution in [0.1, 0.15) is 51.2 Å². The zero-order valence-electron chi connectivity index (χ0n) is 14.5. The molecule has 2 N–H and O–H groups in total. The van der Waals surface area contributed by atoms with E-state index >= 15 is 0 Å². The van der Waals surface area contributed by atoms with Gasteiger partial charge in [-0.05, 0) is 19.8 Å². The minimum absolute atomic E-state index is 0. The smallest absolute Gasteiger partial charge is 0.191 e. The van der Waals surface area contributed by atoms with Crippen LogP contribution in [0.15, 0.2) is 10.4 Å². The Hall–Kier alpha value is -0.410. The van der Waals surface area contributed by atoms with Gasteiger partial charge >= 0.3 is 0 Å². The lowest BCUT2D eigenvalue weighted by Gasteiger charge is -2.15. The van der Waals surface area contributed by atoms with Crippen molar-refractivity contribution in [1.82, 2.24) is 15.6 Å². The minimum Gasteiger partial charge on any atom is -0.376 e. The number of halogens is 1. The molecule has 132 valence electrons. The number of aromatic nitrogens is 1. The molecular weight excluding hydrogens is 423 g/mol. The molecule has 0 amide bonds. The Kier molecular flexibility index (Phi) is 8.78. The summed E-state index contributed by atoms with van der Waals surface area (Å²) in [6.07, 6.45) is 2.61. The van der Waals surface area contributed by atoms with E-state index in [1.54, 1.807) is 11.3 Å². The maximum Gasteiger partial charge on any atom is 0.191 e. The number of nitrogens with one attached hydrogen (secondary N) is 2. The van der Waals surface area contributed by atoms with E-state index in [1.165, 1.54) is 0 Å². The van der Waals surface area contributed by atoms with E-state index in [0.29, 0.717) is 12.6 Å². The molecule has 1 fully saturated rings. The molecule has 7 heteroatoms. The summed E-state index contributed by atoms with van der Waals surface area (Å²) in [5.74, 6) is 0.838. The van der Waals surface area contributed by atoms with Gasteiger partial charge in [-0.25, -0.2) is 9.98 Å². The standard InChI is InChI=1S/C16H28N4OS.HI/c1-5-17-15(18-9-12-7-6-8-21-12)19-10-14-20-13(11-22-14)16(2,3)4;/h11-12H,5-10H2,1-4H3,(H2,17,18,19);1H. The third kappa shape index (κ3) is 6.93. The molecule has 1 aliphatic heterocycles. The fourth-order valence-corrected chi connectivity index (χ4v) is 3.18. The van der Waals surface area contributed by atoms with E-state index in [-0.39, 0.29) is 29.4 Å². The van der Waals surface area contributed by atoms with Crippen molar-refractivity contribution in [3.63, 3.8) is 0 Å². The molecule has 23 heavy (non-hydrogen) atoms. The summed E-state index contributed by atoms with van der Waals surface area (Å²) in [5, 5.41) is 9.83. The molecule has 5 nitrogen and oxygen atoms in total. The average Bonchev–Trinajstić information content (AvgIpc) is 3.12. The first-order chi connectivity index (χ1) is 10.5. The van der Waals surface area contributed by atoms with E-state index < -0.39 is 0 Å². The highest BCUT2D eigenvalue weighted by Crippen LogP contribution is 2.24. The van der Waals surface area contributed by atoms with Gasteiger partial charge in [-0.2, -0.15) is 0 Å². The third-order valence-corrected chi connectivity index (χ3v) is 4.39. The van der Waals surface area contributed by atoms with Crippen LogP contribution < -0.4 is 10.6 Å². The van der Waals surface area contributed by atoms with Gasteiger partial charge < -0.3 is 15.4 Å². The number of rotatable bonds is 5. The summed E-state index contributed by atoms with van der Waals surface area (Å²) in [6, 6.07) is 0. The van der Waals surface area contributed by atoms with Gasteiger partial charge in [-0.3, -0.25) is 0 Å². The molecule has 1 aromatic heterocycles. The molecule has 0 aromatic carbocycles. The molecule has 2 rings (SSSR count). The van der Waals surface area contributed by atoms with E-state index in [2.05, 4.69) is 53.7 Å². The van der Waals surface area contributed by atoms with Crippen LogP contribution >= 0.6 is 35.3 Å². The Labute approximate surface area is 160 Å². The number of ether oxygens (including phenoxy) is 1. The lowest BCUT2D eigenvalue weighted by molar-refractivity contribution is 0.114. The van der Waals surface area contributed by atoms with Crippen LogP contribution in [0.4, 0.5) is 0 Å². The Morgan fingerprint density at radius 2 is 2.22 bits per heavy atom. The highest BCUT2D eigenvalue weighted by Gasteiger charge is 2.17. The predicted octanol–water partition coefficient (Wildman–Crippen LogP) is 3.29. The molecule has 2 heterocycles. The summed E-state index contributed by atoms with van der Waals surface area (Å²) >= 11 is 1.68. The van der Waals surface area contributed by atoms with Gasteiger partial charge in [-0.1, -0.05) is 20.8 Å². The van der Waals surface area contributed by atoms with Crippen molar-refractivity contribution >= 4 is 41.3 Å². The van der Waals surface area contributed by atoms with E-state index in [0.717, 1.165) is 49.2 Å². The fourth-order valence-electron chi connectivity index (χ4n) is 2.23. The van der Waals surface area contributed by atoms with Gasteiger partial charge in [0.1, 0.15) is 5.01 Å². The van der Waals surface area contributed by atoms with Gasteiger partial charge in [0.15, 0.2) is 5.96 Å². The number of hydrogen-bond acceptors (Lipinski definition) is 4. The van der Waals surface area contributed by atoms with Gasteiger partial charge in [0.05, 0.1) is 18.3 Å². The first-order valence-electron chi connectivity index (χ1n) is 8.07. The number of nitrogens with zero attached hydrogens (tertiary/aromatic N) is 2. The van der Waals surface area contributed by atoms with E-state index in [4.69, 9.17) is 4.74 Å². The molecule has 1 aliphatic rings. The molecule has 1 aromatic rings. The van der Waals surface area contributed by atoms with Crippen molar-refractivity contribution in [3.05, 3.63) is 16.1 Å². The highest BCUT2D eigenvalue weighted by molar-refractivity contribution is 14.0. The quantitative estimate of drug-likeness (QED) is 0.409. The number of hydrogen-bond donors (Lipinski definition) is 2. The van der Waals surface area contributed by atoms with Crippen LogP contribution in [0.2, 0.25) is 0 Å². The molecule has 0 aliphatic carbocycles. The topological polar surface area (TPSA) is 58.5 Å². The Bertz CT molecular complexity index is 493.